The van der Waals surface area contributed by atoms with E-state index in [4.69, 9.17) is 16.6 Å². The third-order valence-corrected chi connectivity index (χ3v) is 5.39. The topological polar surface area (TPSA) is 38.7 Å². The van der Waals surface area contributed by atoms with E-state index in [9.17, 15) is 0 Å². The molecule has 106 valence electrons. The van der Waals surface area contributed by atoms with Crippen molar-refractivity contribution < 1.29 is 0 Å². The smallest absolute Gasteiger partial charge is 0.141 e. The number of fused-ring (bicyclic) bond motifs is 3. The Kier molecular flexibility index (Phi) is 3.36. The van der Waals surface area contributed by atoms with Gasteiger partial charge in [0.05, 0.1) is 5.39 Å². The molecule has 21 heavy (non-hydrogen) atoms. The molecule has 0 amide bonds. The summed E-state index contributed by atoms with van der Waals surface area (Å²) in [4.78, 5) is 15.8. The Labute approximate surface area is 132 Å². The van der Waals surface area contributed by atoms with Gasteiger partial charge in [0.25, 0.3) is 0 Å². The van der Waals surface area contributed by atoms with Gasteiger partial charge in [-0.25, -0.2) is 9.97 Å². The van der Waals surface area contributed by atoms with Crippen molar-refractivity contribution in [1.29, 1.82) is 0 Å². The van der Waals surface area contributed by atoms with Gasteiger partial charge in [-0.05, 0) is 48.9 Å². The highest BCUT2D eigenvalue weighted by molar-refractivity contribution is 7.19. The zero-order valence-corrected chi connectivity index (χ0v) is 13.0. The van der Waals surface area contributed by atoms with E-state index in [1.54, 1.807) is 23.7 Å². The largest absolute Gasteiger partial charge is 0.265 e. The van der Waals surface area contributed by atoms with Gasteiger partial charge in [-0.2, -0.15) is 0 Å². The minimum atomic E-state index is 0.614. The summed E-state index contributed by atoms with van der Waals surface area (Å²) in [7, 11) is 0. The number of pyridine rings is 1. The SMILES string of the molecule is Clc1nc(Cc2ccncc2)nc2sc3c(c12)CCCC3. The summed E-state index contributed by atoms with van der Waals surface area (Å²) in [5.41, 5.74) is 2.54. The number of hydrogen-bond acceptors (Lipinski definition) is 4. The van der Waals surface area contributed by atoms with Crippen molar-refractivity contribution in [3.63, 3.8) is 0 Å². The zero-order chi connectivity index (χ0) is 14.2. The fourth-order valence-corrected chi connectivity index (χ4v) is 4.55. The van der Waals surface area contributed by atoms with Crippen LogP contribution in [0.3, 0.4) is 0 Å². The number of aryl methyl sites for hydroxylation is 2. The van der Waals surface area contributed by atoms with Crippen LogP contribution in [0.1, 0.15) is 34.7 Å². The lowest BCUT2D eigenvalue weighted by Crippen LogP contribution is -2.00. The molecule has 3 nitrogen and oxygen atoms in total. The molecule has 3 heterocycles. The fraction of sp³-hybridized carbons (Fsp3) is 0.312. The van der Waals surface area contributed by atoms with Crippen LogP contribution < -0.4 is 0 Å². The van der Waals surface area contributed by atoms with Gasteiger partial charge in [0.15, 0.2) is 0 Å². The van der Waals surface area contributed by atoms with Crippen molar-refractivity contribution >= 4 is 33.2 Å². The average Bonchev–Trinajstić information content (AvgIpc) is 2.87. The number of thiophene rings is 1. The summed E-state index contributed by atoms with van der Waals surface area (Å²) >= 11 is 8.24. The monoisotopic (exact) mass is 315 g/mol. The molecule has 0 saturated heterocycles. The quantitative estimate of drug-likeness (QED) is 0.665. The molecule has 0 radical (unpaired) electrons. The van der Waals surface area contributed by atoms with E-state index in [0.717, 1.165) is 34.4 Å². The Morgan fingerprint density at radius 3 is 2.76 bits per heavy atom. The minimum Gasteiger partial charge on any atom is -0.265 e. The molecule has 4 rings (SSSR count). The third-order valence-electron chi connectivity index (χ3n) is 3.93. The van der Waals surface area contributed by atoms with Gasteiger partial charge in [-0.1, -0.05) is 11.6 Å². The molecule has 0 N–H and O–H groups in total. The molecular formula is C16H14ClN3S. The average molecular weight is 316 g/mol. The molecule has 5 heteroatoms. The number of rotatable bonds is 2. The molecule has 0 bridgehead atoms. The first-order valence-electron chi connectivity index (χ1n) is 7.17. The van der Waals surface area contributed by atoms with Crippen LogP contribution in [-0.2, 0) is 19.3 Å². The minimum absolute atomic E-state index is 0.614. The summed E-state index contributed by atoms with van der Waals surface area (Å²) < 4.78 is 0. The van der Waals surface area contributed by atoms with Crippen LogP contribution in [0.25, 0.3) is 10.2 Å². The molecule has 0 unspecified atom stereocenters. The highest BCUT2D eigenvalue weighted by atomic mass is 35.5. The van der Waals surface area contributed by atoms with Gasteiger partial charge in [-0.3, -0.25) is 4.98 Å². The maximum absolute atomic E-state index is 6.45. The highest BCUT2D eigenvalue weighted by Gasteiger charge is 2.20. The summed E-state index contributed by atoms with van der Waals surface area (Å²) in [5.74, 6) is 0.789. The molecule has 0 aliphatic heterocycles. The van der Waals surface area contributed by atoms with Crippen molar-refractivity contribution in [3.8, 4) is 0 Å². The Hall–Kier alpha value is -1.52. The summed E-state index contributed by atoms with van der Waals surface area (Å²) in [6.07, 6.45) is 9.07. The number of halogens is 1. The van der Waals surface area contributed by atoms with E-state index < -0.39 is 0 Å². The molecule has 1 aliphatic carbocycles. The normalized spacial score (nSPS) is 14.3. The Morgan fingerprint density at radius 2 is 1.90 bits per heavy atom. The highest BCUT2D eigenvalue weighted by Crippen LogP contribution is 2.38. The van der Waals surface area contributed by atoms with Crippen LogP contribution in [0.4, 0.5) is 0 Å². The van der Waals surface area contributed by atoms with Gasteiger partial charge >= 0.3 is 0 Å². The van der Waals surface area contributed by atoms with Gasteiger partial charge in [0, 0.05) is 23.7 Å². The standard InChI is InChI=1S/C16H14ClN3S/c17-15-14-11-3-1-2-4-12(11)21-16(14)20-13(19-15)9-10-5-7-18-8-6-10/h5-8H,1-4,9H2. The van der Waals surface area contributed by atoms with Gasteiger partial charge < -0.3 is 0 Å². The van der Waals surface area contributed by atoms with Crippen LogP contribution in [0.15, 0.2) is 24.5 Å². The van der Waals surface area contributed by atoms with E-state index in [1.165, 1.54) is 23.3 Å². The van der Waals surface area contributed by atoms with E-state index in [-0.39, 0.29) is 0 Å². The van der Waals surface area contributed by atoms with Gasteiger partial charge in [-0.15, -0.1) is 11.3 Å². The second kappa shape index (κ2) is 5.35. The van der Waals surface area contributed by atoms with Gasteiger partial charge in [0.1, 0.15) is 15.8 Å². The first-order chi connectivity index (χ1) is 10.3. The summed E-state index contributed by atoms with van der Waals surface area (Å²) in [6.45, 7) is 0. The van der Waals surface area contributed by atoms with Gasteiger partial charge in [0.2, 0.25) is 0 Å². The molecule has 0 atom stereocenters. The fourth-order valence-electron chi connectivity index (χ4n) is 2.92. The van der Waals surface area contributed by atoms with Crippen LogP contribution in [0.2, 0.25) is 5.15 Å². The van der Waals surface area contributed by atoms with Crippen LogP contribution in [0, 0.1) is 0 Å². The lowest BCUT2D eigenvalue weighted by molar-refractivity contribution is 0.700. The maximum Gasteiger partial charge on any atom is 0.141 e. The third kappa shape index (κ3) is 2.43. The van der Waals surface area contributed by atoms with Crippen LogP contribution in [0.5, 0.6) is 0 Å². The van der Waals surface area contributed by atoms with Crippen molar-refractivity contribution in [1.82, 2.24) is 15.0 Å². The second-order valence-corrected chi connectivity index (χ2v) is 6.80. The molecule has 0 fully saturated rings. The Balaban J connectivity index is 1.79. The molecule has 1 aliphatic rings. The Morgan fingerprint density at radius 1 is 1.10 bits per heavy atom. The summed E-state index contributed by atoms with van der Waals surface area (Å²) in [5, 5.41) is 1.71. The predicted octanol–water partition coefficient (Wildman–Crippen LogP) is 4.21. The summed E-state index contributed by atoms with van der Waals surface area (Å²) in [6, 6.07) is 3.97. The predicted molar refractivity (Wildman–Crippen MR) is 86.1 cm³/mol. The molecule has 0 aromatic carbocycles. The lowest BCUT2D eigenvalue weighted by Gasteiger charge is -2.10. The molecule has 0 spiro atoms. The van der Waals surface area contributed by atoms with Crippen molar-refractivity contribution in [3.05, 3.63) is 51.5 Å². The van der Waals surface area contributed by atoms with Crippen LogP contribution in [-0.4, -0.2) is 15.0 Å². The van der Waals surface area contributed by atoms with Crippen LogP contribution >= 0.6 is 22.9 Å². The maximum atomic E-state index is 6.45. The number of nitrogens with zero attached hydrogens (tertiary/aromatic N) is 3. The van der Waals surface area contributed by atoms with Crippen molar-refractivity contribution in [2.75, 3.05) is 0 Å². The molecule has 3 aromatic heterocycles. The van der Waals surface area contributed by atoms with E-state index >= 15 is 0 Å². The molecule has 3 aromatic rings. The van der Waals surface area contributed by atoms with E-state index in [1.807, 2.05) is 12.1 Å². The zero-order valence-electron chi connectivity index (χ0n) is 11.5. The first-order valence-corrected chi connectivity index (χ1v) is 8.36. The molecule has 0 saturated carbocycles. The van der Waals surface area contributed by atoms with Crippen molar-refractivity contribution in [2.24, 2.45) is 0 Å². The number of aromatic nitrogens is 3. The first kappa shape index (κ1) is 13.2. The lowest BCUT2D eigenvalue weighted by atomic mass is 9.97. The van der Waals surface area contributed by atoms with E-state index in [0.29, 0.717) is 11.6 Å². The van der Waals surface area contributed by atoms with E-state index in [2.05, 4.69) is 9.97 Å². The van der Waals surface area contributed by atoms with Crippen molar-refractivity contribution in [2.45, 2.75) is 32.1 Å². The number of hydrogen-bond donors (Lipinski definition) is 0. The molecular weight excluding hydrogens is 302 g/mol. The Bertz CT molecular complexity index is 798. The second-order valence-electron chi connectivity index (χ2n) is 5.35.